The first-order valence-corrected chi connectivity index (χ1v) is 6.73. The Morgan fingerprint density at radius 3 is 2.82 bits per heavy atom. The molecule has 3 rings (SSSR count). The van der Waals surface area contributed by atoms with Gasteiger partial charge in [0.25, 0.3) is 0 Å². The van der Waals surface area contributed by atoms with E-state index in [1.807, 2.05) is 24.3 Å². The van der Waals surface area contributed by atoms with Crippen LogP contribution in [0, 0.1) is 0 Å². The summed E-state index contributed by atoms with van der Waals surface area (Å²) in [6, 6.07) is 7.62. The van der Waals surface area contributed by atoms with Crippen molar-refractivity contribution in [2.45, 2.75) is 19.3 Å². The van der Waals surface area contributed by atoms with E-state index in [1.165, 1.54) is 0 Å². The Hall–Kier alpha value is -1.19. The molecule has 0 atom stereocenters. The second-order valence-electron chi connectivity index (χ2n) is 4.05. The third kappa shape index (κ3) is 1.90. The molecule has 0 fully saturated rings. The molecule has 1 aromatic heterocycles. The SMILES string of the molecule is O=C1CCCc2sc(-c3ccccc3Cl)nc21. The van der Waals surface area contributed by atoms with Crippen LogP contribution in [0.1, 0.15) is 28.2 Å². The Morgan fingerprint density at radius 1 is 1.24 bits per heavy atom. The molecule has 0 unspecified atom stereocenters. The first kappa shape index (κ1) is 10.9. The zero-order valence-corrected chi connectivity index (χ0v) is 10.6. The van der Waals surface area contributed by atoms with Crippen molar-refractivity contribution in [2.75, 3.05) is 0 Å². The van der Waals surface area contributed by atoms with Crippen LogP contribution < -0.4 is 0 Å². The van der Waals surface area contributed by atoms with Gasteiger partial charge in [-0.05, 0) is 18.9 Å². The maximum atomic E-state index is 11.7. The van der Waals surface area contributed by atoms with E-state index >= 15 is 0 Å². The fourth-order valence-electron chi connectivity index (χ4n) is 2.02. The number of fused-ring (bicyclic) bond motifs is 1. The van der Waals surface area contributed by atoms with Gasteiger partial charge in [0, 0.05) is 16.9 Å². The number of halogens is 1. The summed E-state index contributed by atoms with van der Waals surface area (Å²) in [5.74, 6) is 0.167. The molecular formula is C13H10ClNOS. The summed E-state index contributed by atoms with van der Waals surface area (Å²) in [4.78, 5) is 17.3. The predicted octanol–water partition coefficient (Wildman–Crippen LogP) is 3.98. The van der Waals surface area contributed by atoms with E-state index in [0.717, 1.165) is 28.3 Å². The zero-order valence-electron chi connectivity index (χ0n) is 9.07. The van der Waals surface area contributed by atoms with Gasteiger partial charge in [-0.2, -0.15) is 0 Å². The van der Waals surface area contributed by atoms with E-state index < -0.39 is 0 Å². The fraction of sp³-hybridized carbons (Fsp3) is 0.231. The molecule has 86 valence electrons. The average molecular weight is 264 g/mol. The smallest absolute Gasteiger partial charge is 0.182 e. The summed E-state index contributed by atoms with van der Waals surface area (Å²) in [5.41, 5.74) is 1.58. The lowest BCUT2D eigenvalue weighted by Crippen LogP contribution is -2.08. The fourth-order valence-corrected chi connectivity index (χ4v) is 3.46. The average Bonchev–Trinajstić information content (AvgIpc) is 2.75. The van der Waals surface area contributed by atoms with E-state index in [0.29, 0.717) is 17.1 Å². The highest BCUT2D eigenvalue weighted by Crippen LogP contribution is 2.35. The number of carbonyl (C=O) groups is 1. The molecule has 0 aliphatic heterocycles. The molecule has 0 bridgehead atoms. The number of aromatic nitrogens is 1. The predicted molar refractivity (Wildman–Crippen MR) is 69.8 cm³/mol. The van der Waals surface area contributed by atoms with Gasteiger partial charge in [0.2, 0.25) is 0 Å². The number of ketones is 1. The van der Waals surface area contributed by atoms with Gasteiger partial charge < -0.3 is 0 Å². The molecule has 2 nitrogen and oxygen atoms in total. The lowest BCUT2D eigenvalue weighted by Gasteiger charge is -2.06. The standard InChI is InChI=1S/C13H10ClNOS/c14-9-5-2-1-4-8(9)13-15-12-10(16)6-3-7-11(12)17-13/h1-2,4-5H,3,6-7H2. The van der Waals surface area contributed by atoms with Gasteiger partial charge in [-0.25, -0.2) is 4.98 Å². The highest BCUT2D eigenvalue weighted by Gasteiger charge is 2.23. The lowest BCUT2D eigenvalue weighted by atomic mass is 10.0. The van der Waals surface area contributed by atoms with Crippen LogP contribution in [0.4, 0.5) is 0 Å². The van der Waals surface area contributed by atoms with Crippen LogP contribution in [0.2, 0.25) is 5.02 Å². The number of rotatable bonds is 1. The number of Topliss-reactive ketones (excluding diaryl/α,β-unsaturated/α-hetero) is 1. The summed E-state index contributed by atoms with van der Waals surface area (Å²) >= 11 is 7.73. The van der Waals surface area contributed by atoms with Crippen LogP contribution in [-0.2, 0) is 6.42 Å². The Kier molecular flexibility index (Phi) is 2.73. The van der Waals surface area contributed by atoms with Gasteiger partial charge in [-0.15, -0.1) is 11.3 Å². The number of hydrogen-bond acceptors (Lipinski definition) is 3. The summed E-state index contributed by atoms with van der Waals surface area (Å²) in [5, 5.41) is 1.54. The van der Waals surface area contributed by atoms with Gasteiger partial charge in [0.15, 0.2) is 5.78 Å². The molecule has 0 radical (unpaired) electrons. The quantitative estimate of drug-likeness (QED) is 0.779. The molecule has 0 saturated heterocycles. The molecule has 0 N–H and O–H groups in total. The molecule has 1 aromatic carbocycles. The van der Waals surface area contributed by atoms with E-state index in [2.05, 4.69) is 4.98 Å². The number of carbonyl (C=O) groups excluding carboxylic acids is 1. The summed E-state index contributed by atoms with van der Waals surface area (Å²) < 4.78 is 0. The Balaban J connectivity index is 2.11. The number of aryl methyl sites for hydroxylation is 1. The molecule has 4 heteroatoms. The van der Waals surface area contributed by atoms with Crippen molar-refractivity contribution in [2.24, 2.45) is 0 Å². The highest BCUT2D eigenvalue weighted by molar-refractivity contribution is 7.15. The Morgan fingerprint density at radius 2 is 2.06 bits per heavy atom. The Bertz CT molecular complexity index is 591. The van der Waals surface area contributed by atoms with Crippen molar-refractivity contribution < 1.29 is 4.79 Å². The van der Waals surface area contributed by atoms with Crippen LogP contribution >= 0.6 is 22.9 Å². The van der Waals surface area contributed by atoms with Crippen LogP contribution in [-0.4, -0.2) is 10.8 Å². The van der Waals surface area contributed by atoms with Crippen LogP contribution in [0.25, 0.3) is 10.6 Å². The number of nitrogens with zero attached hydrogens (tertiary/aromatic N) is 1. The van der Waals surface area contributed by atoms with Crippen LogP contribution in [0.5, 0.6) is 0 Å². The van der Waals surface area contributed by atoms with Crippen molar-refractivity contribution in [3.05, 3.63) is 39.9 Å². The lowest BCUT2D eigenvalue weighted by molar-refractivity contribution is 0.0968. The van der Waals surface area contributed by atoms with Gasteiger partial charge >= 0.3 is 0 Å². The summed E-state index contributed by atoms with van der Waals surface area (Å²) in [6.07, 6.45) is 2.53. The second-order valence-corrected chi connectivity index (χ2v) is 5.54. The van der Waals surface area contributed by atoms with E-state index in [4.69, 9.17) is 11.6 Å². The first-order valence-electron chi connectivity index (χ1n) is 5.53. The van der Waals surface area contributed by atoms with Crippen LogP contribution in [0.15, 0.2) is 24.3 Å². The minimum absolute atomic E-state index is 0.167. The summed E-state index contributed by atoms with van der Waals surface area (Å²) in [6.45, 7) is 0. The highest BCUT2D eigenvalue weighted by atomic mass is 35.5. The maximum absolute atomic E-state index is 11.7. The first-order chi connectivity index (χ1) is 8.25. The van der Waals surface area contributed by atoms with Crippen molar-refractivity contribution in [1.29, 1.82) is 0 Å². The molecule has 1 aliphatic rings. The van der Waals surface area contributed by atoms with Gasteiger partial charge in [-0.3, -0.25) is 4.79 Å². The van der Waals surface area contributed by atoms with Crippen LogP contribution in [0.3, 0.4) is 0 Å². The zero-order chi connectivity index (χ0) is 11.8. The molecule has 17 heavy (non-hydrogen) atoms. The van der Waals surface area contributed by atoms with Crippen molar-refractivity contribution in [1.82, 2.24) is 4.98 Å². The van der Waals surface area contributed by atoms with E-state index in [-0.39, 0.29) is 5.78 Å². The van der Waals surface area contributed by atoms with Crippen molar-refractivity contribution in [3.63, 3.8) is 0 Å². The second kappa shape index (κ2) is 4.24. The summed E-state index contributed by atoms with van der Waals surface area (Å²) in [7, 11) is 0. The number of thiazole rings is 1. The number of hydrogen-bond donors (Lipinski definition) is 0. The van der Waals surface area contributed by atoms with Crippen molar-refractivity contribution in [3.8, 4) is 10.6 Å². The molecule has 0 spiro atoms. The van der Waals surface area contributed by atoms with Crippen molar-refractivity contribution >= 4 is 28.7 Å². The third-order valence-corrected chi connectivity index (χ3v) is 4.35. The van der Waals surface area contributed by atoms with E-state index in [9.17, 15) is 4.79 Å². The normalized spacial score (nSPS) is 14.8. The molecule has 0 amide bonds. The molecule has 2 aromatic rings. The Labute approximate surface area is 108 Å². The molecular weight excluding hydrogens is 254 g/mol. The van der Waals surface area contributed by atoms with Gasteiger partial charge in [-0.1, -0.05) is 29.8 Å². The number of benzene rings is 1. The van der Waals surface area contributed by atoms with E-state index in [1.54, 1.807) is 11.3 Å². The maximum Gasteiger partial charge on any atom is 0.182 e. The third-order valence-electron chi connectivity index (χ3n) is 2.87. The molecule has 1 aliphatic carbocycles. The molecule has 0 saturated carbocycles. The van der Waals surface area contributed by atoms with Gasteiger partial charge in [0.05, 0.1) is 5.02 Å². The minimum Gasteiger partial charge on any atom is -0.292 e. The monoisotopic (exact) mass is 263 g/mol. The molecule has 1 heterocycles. The van der Waals surface area contributed by atoms with Gasteiger partial charge in [0.1, 0.15) is 10.7 Å². The topological polar surface area (TPSA) is 30.0 Å². The largest absolute Gasteiger partial charge is 0.292 e. The minimum atomic E-state index is 0.167.